The lowest BCUT2D eigenvalue weighted by atomic mass is 10.0. The van der Waals surface area contributed by atoms with Gasteiger partial charge in [0, 0.05) is 11.2 Å². The number of benzene rings is 1. The van der Waals surface area contributed by atoms with E-state index in [1.54, 1.807) is 6.92 Å². The van der Waals surface area contributed by atoms with Crippen molar-refractivity contribution in [2.75, 3.05) is 5.75 Å². The van der Waals surface area contributed by atoms with E-state index in [4.69, 9.17) is 4.42 Å². The van der Waals surface area contributed by atoms with Gasteiger partial charge < -0.3 is 8.97 Å². The van der Waals surface area contributed by atoms with E-state index in [1.807, 2.05) is 0 Å². The van der Waals surface area contributed by atoms with Gasteiger partial charge in [-0.1, -0.05) is 0 Å². The van der Waals surface area contributed by atoms with E-state index < -0.39 is 34.1 Å². The second kappa shape index (κ2) is 6.01. The van der Waals surface area contributed by atoms with Crippen molar-refractivity contribution in [2.45, 2.75) is 32.0 Å². The van der Waals surface area contributed by atoms with Gasteiger partial charge >= 0.3 is 11.3 Å². The first-order valence-corrected chi connectivity index (χ1v) is 7.97. The Labute approximate surface area is 132 Å². The van der Waals surface area contributed by atoms with Gasteiger partial charge in [0.25, 0.3) is 0 Å². The van der Waals surface area contributed by atoms with E-state index in [1.165, 1.54) is 6.92 Å². The molecule has 0 fully saturated rings. The molecule has 1 heterocycles. The molecule has 0 N–H and O–H groups in total. The summed E-state index contributed by atoms with van der Waals surface area (Å²) in [6.45, 7) is 4.02. The highest BCUT2D eigenvalue weighted by molar-refractivity contribution is 7.91. The molecule has 23 heavy (non-hydrogen) atoms. The van der Waals surface area contributed by atoms with Crippen molar-refractivity contribution in [1.29, 1.82) is 0 Å². The fraction of sp³-hybridized carbons (Fsp3) is 0.333. The van der Waals surface area contributed by atoms with Crippen LogP contribution in [0.5, 0.6) is 0 Å². The maximum atomic E-state index is 13.0. The third-order valence-corrected chi connectivity index (χ3v) is 4.68. The Hall–Kier alpha value is -1.80. The molecule has 8 heteroatoms. The molecule has 0 bridgehead atoms. The highest BCUT2D eigenvalue weighted by atomic mass is 32.2. The smallest absolute Gasteiger partial charge is 0.416 e. The number of carbonyl (C=O) groups excluding carboxylic acids is 1. The number of alkyl halides is 3. The second-order valence-electron chi connectivity index (χ2n) is 4.93. The first kappa shape index (κ1) is 17.6. The summed E-state index contributed by atoms with van der Waals surface area (Å²) in [5, 5.41) is -0.466. The molecule has 0 saturated heterocycles. The maximum absolute atomic E-state index is 13.0. The molecule has 0 aliphatic heterocycles. The van der Waals surface area contributed by atoms with Gasteiger partial charge in [-0.3, -0.25) is 9.59 Å². The molecule has 1 atom stereocenters. The van der Waals surface area contributed by atoms with Crippen LogP contribution in [0.3, 0.4) is 0 Å². The predicted molar refractivity (Wildman–Crippen MR) is 79.2 cm³/mol. The first-order valence-electron chi connectivity index (χ1n) is 6.65. The molecule has 4 nitrogen and oxygen atoms in total. The Morgan fingerprint density at radius 2 is 1.96 bits per heavy atom. The molecule has 2 aromatic rings. The maximum Gasteiger partial charge on any atom is 0.416 e. The minimum Gasteiger partial charge on any atom is -0.609 e. The monoisotopic (exact) mass is 346 g/mol. The molecule has 124 valence electrons. The van der Waals surface area contributed by atoms with Crippen molar-refractivity contribution in [3.05, 3.63) is 39.0 Å². The van der Waals surface area contributed by atoms with Crippen molar-refractivity contribution < 1.29 is 26.9 Å². The van der Waals surface area contributed by atoms with Crippen molar-refractivity contribution >= 4 is 27.9 Å². The molecule has 0 saturated carbocycles. The van der Waals surface area contributed by atoms with Gasteiger partial charge in [0.1, 0.15) is 5.75 Å². The van der Waals surface area contributed by atoms with E-state index in [0.717, 1.165) is 6.92 Å². The standard InChI is InChI=1S/C15H13F3O4S/c1-4-23(21)14-7(2)12(20)11-6-9(15(16,17)18)5-10(8(3)19)13(11)22-14/h5-6H,4H2,1-3H3. The summed E-state index contributed by atoms with van der Waals surface area (Å²) < 4.78 is 56.2. The van der Waals surface area contributed by atoms with E-state index >= 15 is 0 Å². The van der Waals surface area contributed by atoms with Crippen LogP contribution in [0.4, 0.5) is 13.2 Å². The molecule has 0 radical (unpaired) electrons. The summed E-state index contributed by atoms with van der Waals surface area (Å²) in [6, 6.07) is 1.29. The van der Waals surface area contributed by atoms with Gasteiger partial charge in [0.2, 0.25) is 5.43 Å². The van der Waals surface area contributed by atoms with Crippen molar-refractivity contribution in [3.8, 4) is 0 Å². The minimum absolute atomic E-state index is 0.0218. The highest BCUT2D eigenvalue weighted by Crippen LogP contribution is 2.33. The van der Waals surface area contributed by atoms with Crippen LogP contribution in [0.1, 0.15) is 35.3 Å². The number of Topliss-reactive ketones (excluding diaryl/α,β-unsaturated/α-hetero) is 1. The lowest BCUT2D eigenvalue weighted by molar-refractivity contribution is -0.137. The van der Waals surface area contributed by atoms with E-state index in [-0.39, 0.29) is 32.9 Å². The number of hydrogen-bond donors (Lipinski definition) is 0. The van der Waals surface area contributed by atoms with Crippen LogP contribution in [-0.2, 0) is 17.4 Å². The second-order valence-corrected chi connectivity index (χ2v) is 6.57. The Bertz CT molecular complexity index is 839. The third kappa shape index (κ3) is 3.13. The first-order chi connectivity index (χ1) is 10.6. The Morgan fingerprint density at radius 1 is 1.35 bits per heavy atom. The van der Waals surface area contributed by atoms with E-state index in [2.05, 4.69) is 0 Å². The zero-order chi connectivity index (χ0) is 17.5. The number of halogens is 3. The number of rotatable bonds is 3. The van der Waals surface area contributed by atoms with Crippen molar-refractivity contribution in [3.63, 3.8) is 0 Å². The molecule has 1 aromatic carbocycles. The van der Waals surface area contributed by atoms with Crippen LogP contribution < -0.4 is 5.43 Å². The topological polar surface area (TPSA) is 70.3 Å². The van der Waals surface area contributed by atoms with Gasteiger partial charge in [-0.15, -0.1) is 0 Å². The Morgan fingerprint density at radius 3 is 2.43 bits per heavy atom. The number of ketones is 1. The zero-order valence-corrected chi connectivity index (χ0v) is 13.4. The van der Waals surface area contributed by atoms with Crippen LogP contribution in [-0.4, -0.2) is 16.1 Å². The summed E-state index contributed by atoms with van der Waals surface area (Å²) in [4.78, 5) is 24.0. The number of hydrogen-bond acceptors (Lipinski definition) is 4. The van der Waals surface area contributed by atoms with Gasteiger partial charge in [-0.05, 0) is 32.9 Å². The average Bonchev–Trinajstić information content (AvgIpc) is 2.47. The molecule has 0 aliphatic carbocycles. The summed E-state index contributed by atoms with van der Waals surface area (Å²) in [5.41, 5.74) is -2.48. The van der Waals surface area contributed by atoms with Crippen LogP contribution in [0.25, 0.3) is 11.0 Å². The molecular weight excluding hydrogens is 333 g/mol. The fourth-order valence-electron chi connectivity index (χ4n) is 2.14. The summed E-state index contributed by atoms with van der Waals surface area (Å²) >= 11 is -1.61. The largest absolute Gasteiger partial charge is 0.609 e. The van der Waals surface area contributed by atoms with Crippen LogP contribution in [0.2, 0.25) is 0 Å². The van der Waals surface area contributed by atoms with Crippen molar-refractivity contribution in [1.82, 2.24) is 0 Å². The highest BCUT2D eigenvalue weighted by Gasteiger charge is 2.33. The number of fused-ring (bicyclic) bond motifs is 1. The van der Waals surface area contributed by atoms with Crippen LogP contribution >= 0.6 is 0 Å². The van der Waals surface area contributed by atoms with E-state index in [9.17, 15) is 27.3 Å². The number of carbonyl (C=O) groups is 1. The molecule has 0 spiro atoms. The molecule has 0 aliphatic rings. The predicted octanol–water partition coefficient (Wildman–Crippen LogP) is 3.45. The lowest BCUT2D eigenvalue weighted by Crippen LogP contribution is -2.17. The van der Waals surface area contributed by atoms with E-state index in [0.29, 0.717) is 12.1 Å². The van der Waals surface area contributed by atoms with Crippen LogP contribution in [0, 0.1) is 6.92 Å². The molecule has 1 aromatic heterocycles. The SMILES string of the molecule is CC[S+]([O-])c1oc2c(C(C)=O)cc(C(F)(F)F)cc2c(=O)c1C. The molecule has 0 amide bonds. The summed E-state index contributed by atoms with van der Waals surface area (Å²) in [5.74, 6) is -0.507. The van der Waals surface area contributed by atoms with Crippen molar-refractivity contribution in [2.24, 2.45) is 0 Å². The van der Waals surface area contributed by atoms with Gasteiger partial charge in [-0.2, -0.15) is 13.2 Å². The molecular formula is C15H13F3O4S. The van der Waals surface area contributed by atoms with Gasteiger partial charge in [0.05, 0.1) is 22.1 Å². The minimum atomic E-state index is -4.70. The summed E-state index contributed by atoms with van der Waals surface area (Å²) in [7, 11) is 0. The zero-order valence-electron chi connectivity index (χ0n) is 12.5. The average molecular weight is 346 g/mol. The third-order valence-electron chi connectivity index (χ3n) is 3.35. The fourth-order valence-corrected chi connectivity index (χ4v) is 3.02. The molecule has 2 rings (SSSR count). The van der Waals surface area contributed by atoms with Gasteiger partial charge in [-0.25, -0.2) is 0 Å². The Kier molecular flexibility index (Phi) is 4.59. The Balaban J connectivity index is 2.97. The quantitative estimate of drug-likeness (QED) is 0.630. The molecule has 1 unspecified atom stereocenters. The summed E-state index contributed by atoms with van der Waals surface area (Å²) in [6.07, 6.45) is -4.70. The van der Waals surface area contributed by atoms with Gasteiger partial charge in [0.15, 0.2) is 11.4 Å². The van der Waals surface area contributed by atoms with Crippen LogP contribution in [0.15, 0.2) is 26.4 Å². The lowest BCUT2D eigenvalue weighted by Gasteiger charge is -2.13. The normalized spacial score (nSPS) is 13.3.